The monoisotopic (exact) mass is 651 g/mol. The molecule has 1 fully saturated rings. The van der Waals surface area contributed by atoms with Gasteiger partial charge in [0.2, 0.25) is 0 Å². The van der Waals surface area contributed by atoms with Crippen molar-refractivity contribution in [3.63, 3.8) is 0 Å². The third kappa shape index (κ3) is 4.75. The molecule has 3 aromatic rings. The van der Waals surface area contributed by atoms with Gasteiger partial charge < -0.3 is 5.11 Å². The highest BCUT2D eigenvalue weighted by Gasteiger charge is 2.73. The second-order valence-corrected chi connectivity index (χ2v) is 13.0. The normalized spacial score (nSPS) is 21.2. The number of alkyl halides is 7. The number of aryl methyl sites for hydroxylation is 1. The Morgan fingerprint density at radius 2 is 1.55 bits per heavy atom. The van der Waals surface area contributed by atoms with Crippen LogP contribution in [0.3, 0.4) is 0 Å². The van der Waals surface area contributed by atoms with E-state index in [9.17, 15) is 52.7 Å². The van der Waals surface area contributed by atoms with E-state index >= 15 is 0 Å². The van der Waals surface area contributed by atoms with Crippen LogP contribution in [0, 0.1) is 11.6 Å². The van der Waals surface area contributed by atoms with Crippen LogP contribution >= 0.6 is 0 Å². The van der Waals surface area contributed by atoms with Gasteiger partial charge in [-0.05, 0) is 72.4 Å². The standard InChI is InChI=1S/C29H22F9NO4S/c30-19-4-6-20(7-5-19)44(42,43)26-11-12-39(15-16-1-8-21(25(40)41)23(31)13-16)24(26)10-2-17-14-18(3-9-22(17)26)27(32,28(33,34)35)29(36,37)38/h1,3-9,13-14,24H,2,10-12,15H2,(H,40,41)/t24-,26-/m1/s1. The number of sulfone groups is 1. The zero-order valence-electron chi connectivity index (χ0n) is 22.3. The van der Waals surface area contributed by atoms with Crippen molar-refractivity contribution in [3.05, 3.63) is 100 Å². The number of benzene rings is 3. The van der Waals surface area contributed by atoms with E-state index in [1.807, 2.05) is 0 Å². The Kier molecular flexibility index (Phi) is 7.59. The van der Waals surface area contributed by atoms with Gasteiger partial charge in [0.1, 0.15) is 16.4 Å². The molecular weight excluding hydrogens is 629 g/mol. The molecule has 0 amide bonds. The van der Waals surface area contributed by atoms with Gasteiger partial charge in [0.05, 0.1) is 10.5 Å². The van der Waals surface area contributed by atoms with Crippen molar-refractivity contribution in [2.24, 2.45) is 0 Å². The predicted octanol–water partition coefficient (Wildman–Crippen LogP) is 6.84. The number of halogens is 9. The number of nitrogens with zero attached hydrogens (tertiary/aromatic N) is 1. The van der Waals surface area contributed by atoms with Gasteiger partial charge in [-0.1, -0.05) is 24.3 Å². The summed E-state index contributed by atoms with van der Waals surface area (Å²) < 4.78 is 151. The molecule has 0 aromatic heterocycles. The lowest BCUT2D eigenvalue weighted by molar-refractivity contribution is -0.348. The maximum atomic E-state index is 14.9. The molecule has 1 aliphatic carbocycles. The number of carbonyl (C=O) groups is 1. The minimum absolute atomic E-state index is 0.0206. The summed E-state index contributed by atoms with van der Waals surface area (Å²) in [6.07, 6.45) is -13.3. The maximum Gasteiger partial charge on any atom is 0.435 e. The number of fused-ring (bicyclic) bond motifs is 3. The Bertz CT molecular complexity index is 1710. The predicted molar refractivity (Wildman–Crippen MR) is 137 cm³/mol. The van der Waals surface area contributed by atoms with E-state index in [1.54, 1.807) is 4.90 Å². The zero-order chi connectivity index (χ0) is 32.5. The number of likely N-dealkylation sites (tertiary alicyclic amines) is 1. The first-order chi connectivity index (χ1) is 20.3. The van der Waals surface area contributed by atoms with Crippen LogP contribution in [0.25, 0.3) is 0 Å². The highest BCUT2D eigenvalue weighted by Crippen LogP contribution is 2.56. The summed E-state index contributed by atoms with van der Waals surface area (Å²) in [4.78, 5) is 12.5. The van der Waals surface area contributed by atoms with Crippen LogP contribution in [0.4, 0.5) is 39.5 Å². The van der Waals surface area contributed by atoms with Gasteiger partial charge >= 0.3 is 24.0 Å². The third-order valence-electron chi connectivity index (χ3n) is 8.43. The van der Waals surface area contributed by atoms with Gasteiger partial charge in [-0.2, -0.15) is 26.3 Å². The first-order valence-corrected chi connectivity index (χ1v) is 14.5. The maximum absolute atomic E-state index is 14.9. The summed E-state index contributed by atoms with van der Waals surface area (Å²) in [5.74, 6) is -3.30. The molecule has 2 atom stereocenters. The smallest absolute Gasteiger partial charge is 0.435 e. The van der Waals surface area contributed by atoms with Crippen molar-refractivity contribution >= 4 is 15.8 Å². The minimum atomic E-state index is -6.37. The van der Waals surface area contributed by atoms with E-state index in [-0.39, 0.29) is 60.0 Å². The SMILES string of the molecule is O=C(O)c1ccc(CN2CC[C@@]3(S(=O)(=O)c4ccc(F)cc4)c4ccc(C(F)(C(F)(F)F)C(F)(F)F)cc4CC[C@@H]23)cc1F. The second-order valence-electron chi connectivity index (χ2n) is 10.8. The highest BCUT2D eigenvalue weighted by atomic mass is 32.2. The van der Waals surface area contributed by atoms with Crippen LogP contribution in [-0.4, -0.2) is 49.3 Å². The fraction of sp³-hybridized carbons (Fsp3) is 0.345. The van der Waals surface area contributed by atoms with Gasteiger partial charge in [-0.15, -0.1) is 0 Å². The zero-order valence-corrected chi connectivity index (χ0v) is 23.1. The molecule has 1 heterocycles. The van der Waals surface area contributed by atoms with Crippen LogP contribution in [0.5, 0.6) is 0 Å². The third-order valence-corrected chi connectivity index (χ3v) is 11.0. The number of rotatable bonds is 6. The Labute approximate surface area is 244 Å². The molecule has 0 radical (unpaired) electrons. The van der Waals surface area contributed by atoms with Gasteiger partial charge in [0, 0.05) is 24.7 Å². The molecule has 0 bridgehead atoms. The highest BCUT2D eigenvalue weighted by molar-refractivity contribution is 7.92. The number of hydrogen-bond donors (Lipinski definition) is 1. The largest absolute Gasteiger partial charge is 0.478 e. The van der Waals surface area contributed by atoms with Gasteiger partial charge in [0.25, 0.3) is 0 Å². The van der Waals surface area contributed by atoms with E-state index in [0.29, 0.717) is 6.07 Å². The average molecular weight is 652 g/mol. The van der Waals surface area contributed by atoms with Gasteiger partial charge in [0.15, 0.2) is 9.84 Å². The molecule has 0 unspecified atom stereocenters. The lowest BCUT2D eigenvalue weighted by Gasteiger charge is -2.43. The Hall–Kier alpha value is -3.59. The van der Waals surface area contributed by atoms with Crippen molar-refractivity contribution in [1.82, 2.24) is 4.90 Å². The summed E-state index contributed by atoms with van der Waals surface area (Å²) in [6, 6.07) is 7.59. The molecule has 3 aromatic carbocycles. The van der Waals surface area contributed by atoms with Gasteiger partial charge in [-0.3, -0.25) is 4.90 Å². The topological polar surface area (TPSA) is 74.7 Å². The van der Waals surface area contributed by atoms with E-state index in [0.717, 1.165) is 42.5 Å². The van der Waals surface area contributed by atoms with E-state index in [1.165, 1.54) is 6.07 Å². The number of aromatic carboxylic acids is 1. The minimum Gasteiger partial charge on any atom is -0.478 e. The summed E-state index contributed by atoms with van der Waals surface area (Å²) in [7, 11) is -4.55. The lowest BCUT2D eigenvalue weighted by atomic mass is 9.76. The Morgan fingerprint density at radius 3 is 2.11 bits per heavy atom. The molecule has 2 aliphatic rings. The molecule has 44 heavy (non-hydrogen) atoms. The van der Waals surface area contributed by atoms with E-state index in [2.05, 4.69) is 0 Å². The van der Waals surface area contributed by atoms with Crippen molar-refractivity contribution < 1.29 is 57.8 Å². The van der Waals surface area contributed by atoms with Crippen molar-refractivity contribution in [1.29, 1.82) is 0 Å². The van der Waals surface area contributed by atoms with Crippen LogP contribution in [0.1, 0.15) is 45.5 Å². The summed E-state index contributed by atoms with van der Waals surface area (Å²) >= 11 is 0. The van der Waals surface area contributed by atoms with E-state index < -0.39 is 67.4 Å². The average Bonchev–Trinajstić information content (AvgIpc) is 3.31. The molecule has 15 heteroatoms. The molecule has 236 valence electrons. The molecule has 1 aliphatic heterocycles. The summed E-state index contributed by atoms with van der Waals surface area (Å²) in [6.45, 7) is -0.0575. The molecule has 0 spiro atoms. The Morgan fingerprint density at radius 1 is 0.909 bits per heavy atom. The molecule has 1 saturated heterocycles. The van der Waals surface area contributed by atoms with Crippen molar-refractivity contribution in [2.45, 2.75) is 59.5 Å². The summed E-state index contributed by atoms with van der Waals surface area (Å²) in [5.41, 5.74) is -8.12. The summed E-state index contributed by atoms with van der Waals surface area (Å²) in [5, 5.41) is 9.11. The lowest BCUT2D eigenvalue weighted by Crippen LogP contribution is -2.52. The number of carboxylic acids is 1. The van der Waals surface area contributed by atoms with E-state index in [4.69, 9.17) is 5.11 Å². The Balaban J connectivity index is 1.65. The quantitative estimate of drug-likeness (QED) is 0.234. The molecule has 5 nitrogen and oxygen atoms in total. The van der Waals surface area contributed by atoms with Gasteiger partial charge in [-0.25, -0.2) is 26.4 Å². The fourth-order valence-corrected chi connectivity index (χ4v) is 8.79. The first kappa shape index (κ1) is 31.8. The number of hydrogen-bond acceptors (Lipinski definition) is 4. The van der Waals surface area contributed by atoms with Crippen molar-refractivity contribution in [2.75, 3.05) is 6.54 Å². The fourth-order valence-electron chi connectivity index (χ4n) is 6.40. The number of carboxylic acid groups (broad SMARTS) is 1. The molecule has 1 N–H and O–H groups in total. The molecule has 5 rings (SSSR count). The second kappa shape index (κ2) is 10.5. The van der Waals surface area contributed by atoms with Crippen LogP contribution in [0.15, 0.2) is 65.6 Å². The van der Waals surface area contributed by atoms with Crippen LogP contribution in [0.2, 0.25) is 0 Å². The van der Waals surface area contributed by atoms with Crippen LogP contribution < -0.4 is 0 Å². The molecule has 0 saturated carbocycles. The first-order valence-electron chi connectivity index (χ1n) is 13.1. The van der Waals surface area contributed by atoms with Crippen molar-refractivity contribution in [3.8, 4) is 0 Å². The van der Waals surface area contributed by atoms with Crippen LogP contribution in [-0.2, 0) is 33.2 Å². The molecular formula is C29H22F9NO4S.